The molecule has 0 saturated carbocycles. The summed E-state index contributed by atoms with van der Waals surface area (Å²) in [6, 6.07) is 69.4. The van der Waals surface area contributed by atoms with Crippen molar-refractivity contribution in [2.45, 2.75) is 5.92 Å². The largest absolute Gasteiger partial charge is 0.134 e. The Morgan fingerprint density at radius 1 is 0.340 bits per heavy atom. The average Bonchev–Trinajstić information content (AvgIpc) is 3.61. The van der Waals surface area contributed by atoms with Gasteiger partial charge >= 0.3 is 0 Å². The van der Waals surface area contributed by atoms with Crippen molar-refractivity contribution in [2.75, 3.05) is 0 Å². The van der Waals surface area contributed by atoms with Crippen molar-refractivity contribution in [3.63, 3.8) is 0 Å². The lowest BCUT2D eigenvalue weighted by atomic mass is 9.80. The Hall–Kier alpha value is -6.02. The molecule has 1 heteroatoms. The minimum absolute atomic E-state index is 0.0276. The summed E-state index contributed by atoms with van der Waals surface area (Å²) < 4.78 is 2.70. The van der Waals surface area contributed by atoms with Gasteiger partial charge in [-0.15, -0.1) is 11.3 Å². The average molecular weight is 653 g/mol. The number of hydrogen-bond donors (Lipinski definition) is 0. The highest BCUT2D eigenvalue weighted by Crippen LogP contribution is 2.50. The maximum Gasteiger partial charge on any atom is 0.0440 e. The second-order valence-electron chi connectivity index (χ2n) is 13.2. The van der Waals surface area contributed by atoms with Crippen LogP contribution in [0.2, 0.25) is 0 Å². The highest BCUT2D eigenvalue weighted by Gasteiger charge is 2.25. The molecule has 1 atom stereocenters. The van der Waals surface area contributed by atoms with Crippen molar-refractivity contribution >= 4 is 63.8 Å². The topological polar surface area (TPSA) is 0 Å². The van der Waals surface area contributed by atoms with Crippen LogP contribution in [0.15, 0.2) is 188 Å². The molecular weight excluding hydrogens is 621 g/mol. The van der Waals surface area contributed by atoms with Crippen molar-refractivity contribution in [1.82, 2.24) is 0 Å². The molecule has 0 bridgehead atoms. The lowest BCUT2D eigenvalue weighted by Gasteiger charge is -2.22. The molecule has 0 fully saturated rings. The van der Waals surface area contributed by atoms with Gasteiger partial charge in [0.2, 0.25) is 0 Å². The second kappa shape index (κ2) is 11.8. The smallest absolute Gasteiger partial charge is 0.0440 e. The third-order valence-electron chi connectivity index (χ3n) is 10.4. The molecule has 1 aromatic heterocycles. The molecule has 10 aromatic rings. The Balaban J connectivity index is 1.33. The van der Waals surface area contributed by atoms with E-state index in [4.69, 9.17) is 0 Å². The fraction of sp³-hybridized carbons (Fsp3) is 0.0204. The SMILES string of the molecule is c1ccc(-c2ccc(C(c3ccc4ccccc4c3)c3ccc(-c4ccccc4)c4sc5c6ccccc6c6ccccc6c5c34)cc2)cc1. The van der Waals surface area contributed by atoms with Crippen molar-refractivity contribution in [2.24, 2.45) is 0 Å². The zero-order valence-electron chi connectivity index (χ0n) is 27.4. The Labute approximate surface area is 295 Å². The molecule has 0 spiro atoms. The van der Waals surface area contributed by atoms with Crippen LogP contribution in [0.3, 0.4) is 0 Å². The van der Waals surface area contributed by atoms with E-state index < -0.39 is 0 Å². The summed E-state index contributed by atoms with van der Waals surface area (Å²) in [6.45, 7) is 0. The molecule has 9 aromatic carbocycles. The van der Waals surface area contributed by atoms with Crippen LogP contribution >= 0.6 is 11.3 Å². The molecule has 0 amide bonds. The molecule has 0 aliphatic carbocycles. The first-order valence-electron chi connectivity index (χ1n) is 17.3. The molecule has 1 heterocycles. The molecule has 0 radical (unpaired) electrons. The summed E-state index contributed by atoms with van der Waals surface area (Å²) in [5.74, 6) is 0.0276. The molecule has 0 aliphatic heterocycles. The van der Waals surface area contributed by atoms with Crippen LogP contribution in [0, 0.1) is 0 Å². The predicted molar refractivity (Wildman–Crippen MR) is 217 cm³/mol. The highest BCUT2D eigenvalue weighted by atomic mass is 32.1. The highest BCUT2D eigenvalue weighted by molar-refractivity contribution is 7.27. The molecule has 1 unspecified atom stereocenters. The van der Waals surface area contributed by atoms with Crippen molar-refractivity contribution < 1.29 is 0 Å². The molecule has 50 heavy (non-hydrogen) atoms. The summed E-state index contributed by atoms with van der Waals surface area (Å²) in [5, 5.41) is 10.5. The van der Waals surface area contributed by atoms with E-state index in [1.54, 1.807) is 0 Å². The summed E-state index contributed by atoms with van der Waals surface area (Å²) in [6.07, 6.45) is 0. The van der Waals surface area contributed by atoms with Gasteiger partial charge in [0, 0.05) is 31.5 Å². The lowest BCUT2D eigenvalue weighted by molar-refractivity contribution is 0.994. The maximum absolute atomic E-state index is 2.42. The fourth-order valence-electron chi connectivity index (χ4n) is 8.05. The van der Waals surface area contributed by atoms with Crippen LogP contribution < -0.4 is 0 Å². The molecular formula is C49H32S. The van der Waals surface area contributed by atoms with Gasteiger partial charge in [0.05, 0.1) is 0 Å². The number of thiophene rings is 1. The fourth-order valence-corrected chi connectivity index (χ4v) is 9.47. The first-order chi connectivity index (χ1) is 24.8. The molecule has 0 saturated heterocycles. The quantitative estimate of drug-likeness (QED) is 0.128. The van der Waals surface area contributed by atoms with Crippen LogP contribution in [0.5, 0.6) is 0 Å². The van der Waals surface area contributed by atoms with Crippen molar-refractivity contribution in [3.05, 3.63) is 205 Å². The van der Waals surface area contributed by atoms with Gasteiger partial charge < -0.3 is 0 Å². The van der Waals surface area contributed by atoms with Gasteiger partial charge in [-0.2, -0.15) is 0 Å². The molecule has 0 nitrogen and oxygen atoms in total. The maximum atomic E-state index is 2.42. The van der Waals surface area contributed by atoms with E-state index in [1.807, 2.05) is 11.3 Å². The standard InChI is InChI=1S/C49H32S/c1-3-13-32(14-4-1)34-23-26-36(27-24-34)45(38-28-25-33-15-7-8-18-37(33)31-38)44-30-29-39(35-16-5-2-6-17-35)48-47(44)46-42-21-11-9-19-40(42)41-20-10-12-22-43(41)49(46)50-48/h1-31,45H. The van der Waals surface area contributed by atoms with E-state index >= 15 is 0 Å². The van der Waals surface area contributed by atoms with Crippen LogP contribution in [-0.2, 0) is 0 Å². The Kier molecular flexibility index (Phi) is 6.85. The lowest BCUT2D eigenvalue weighted by Crippen LogP contribution is -2.05. The zero-order valence-corrected chi connectivity index (χ0v) is 28.2. The normalized spacial score (nSPS) is 12.3. The van der Waals surface area contributed by atoms with Crippen LogP contribution in [-0.4, -0.2) is 0 Å². The van der Waals surface area contributed by atoms with Crippen LogP contribution in [0.1, 0.15) is 22.6 Å². The summed E-state index contributed by atoms with van der Waals surface area (Å²) in [5.41, 5.74) is 8.93. The second-order valence-corrected chi connectivity index (χ2v) is 14.2. The molecule has 234 valence electrons. The van der Waals surface area contributed by atoms with Crippen LogP contribution in [0.4, 0.5) is 0 Å². The van der Waals surface area contributed by atoms with Gasteiger partial charge in [0.25, 0.3) is 0 Å². The number of benzene rings is 9. The zero-order chi connectivity index (χ0) is 33.0. The molecule has 0 aliphatic rings. The van der Waals surface area contributed by atoms with E-state index in [0.717, 1.165) is 0 Å². The summed E-state index contributed by atoms with van der Waals surface area (Å²) in [4.78, 5) is 0. The summed E-state index contributed by atoms with van der Waals surface area (Å²) in [7, 11) is 0. The van der Waals surface area contributed by atoms with E-state index in [9.17, 15) is 0 Å². The van der Waals surface area contributed by atoms with E-state index in [-0.39, 0.29) is 5.92 Å². The third-order valence-corrected chi connectivity index (χ3v) is 11.6. The summed E-state index contributed by atoms with van der Waals surface area (Å²) >= 11 is 1.95. The Morgan fingerprint density at radius 2 is 0.900 bits per heavy atom. The molecule has 0 N–H and O–H groups in total. The number of rotatable bonds is 5. The van der Waals surface area contributed by atoms with E-state index in [1.165, 1.54) is 91.4 Å². The van der Waals surface area contributed by atoms with Crippen LogP contribution in [0.25, 0.3) is 74.7 Å². The number of fused-ring (bicyclic) bond motifs is 9. The van der Waals surface area contributed by atoms with Gasteiger partial charge in [0.15, 0.2) is 0 Å². The van der Waals surface area contributed by atoms with Crippen molar-refractivity contribution in [3.8, 4) is 22.3 Å². The van der Waals surface area contributed by atoms with Gasteiger partial charge in [-0.05, 0) is 65.9 Å². The Morgan fingerprint density at radius 3 is 1.64 bits per heavy atom. The van der Waals surface area contributed by atoms with Gasteiger partial charge in [-0.1, -0.05) is 188 Å². The van der Waals surface area contributed by atoms with E-state index in [0.29, 0.717) is 0 Å². The van der Waals surface area contributed by atoms with E-state index in [2.05, 4.69) is 188 Å². The first-order valence-corrected chi connectivity index (χ1v) is 18.1. The Bertz CT molecular complexity index is 2840. The van der Waals surface area contributed by atoms with Gasteiger partial charge in [0.1, 0.15) is 0 Å². The van der Waals surface area contributed by atoms with Crippen molar-refractivity contribution in [1.29, 1.82) is 0 Å². The number of hydrogen-bond acceptors (Lipinski definition) is 1. The first kappa shape index (κ1) is 28.9. The third kappa shape index (κ3) is 4.66. The minimum atomic E-state index is 0.0276. The predicted octanol–water partition coefficient (Wildman–Crippen LogP) is 14.0. The van der Waals surface area contributed by atoms with Gasteiger partial charge in [-0.3, -0.25) is 0 Å². The van der Waals surface area contributed by atoms with Gasteiger partial charge in [-0.25, -0.2) is 0 Å². The molecule has 10 rings (SSSR count). The minimum Gasteiger partial charge on any atom is -0.134 e. The monoisotopic (exact) mass is 652 g/mol.